The van der Waals surface area contributed by atoms with Gasteiger partial charge in [-0.2, -0.15) is 0 Å². The highest BCUT2D eigenvalue weighted by Gasteiger charge is 2.23. The number of carbonyl (C=O) groups is 1. The van der Waals surface area contributed by atoms with E-state index in [2.05, 4.69) is 33.9 Å². The Morgan fingerprint density at radius 3 is 2.72 bits per heavy atom. The van der Waals surface area contributed by atoms with Crippen molar-refractivity contribution in [1.29, 1.82) is 0 Å². The number of rotatable bonds is 7. The third-order valence-electron chi connectivity index (χ3n) is 4.97. The van der Waals surface area contributed by atoms with Gasteiger partial charge in [0.05, 0.1) is 18.4 Å². The molecule has 3 rings (SSSR count). The van der Waals surface area contributed by atoms with Crippen LogP contribution < -0.4 is 5.32 Å². The van der Waals surface area contributed by atoms with E-state index in [9.17, 15) is 4.79 Å². The molecule has 1 atom stereocenters. The maximum Gasteiger partial charge on any atom is 0.230 e. The maximum atomic E-state index is 12.3. The van der Waals surface area contributed by atoms with Crippen molar-refractivity contribution in [1.82, 2.24) is 20.1 Å². The Balaban J connectivity index is 1.57. The van der Waals surface area contributed by atoms with Gasteiger partial charge in [0, 0.05) is 18.6 Å². The molecule has 1 amide bonds. The standard InChI is InChI=1S/C18H30N4O2S/c1-13(2)17-20-21-18(22(17)11-15-9-6-10-24-15)25-12-16(23)19-14-7-4-3-5-8-14/h13-15H,3-12H2,1-2H3,(H,19,23). The van der Waals surface area contributed by atoms with E-state index in [-0.39, 0.29) is 12.0 Å². The van der Waals surface area contributed by atoms with Crippen LogP contribution in [0.2, 0.25) is 0 Å². The average molecular weight is 367 g/mol. The smallest absolute Gasteiger partial charge is 0.230 e. The van der Waals surface area contributed by atoms with Crippen LogP contribution in [0.4, 0.5) is 0 Å². The van der Waals surface area contributed by atoms with E-state index >= 15 is 0 Å². The lowest BCUT2D eigenvalue weighted by Crippen LogP contribution is -2.37. The van der Waals surface area contributed by atoms with E-state index in [0.717, 1.165) is 49.8 Å². The zero-order valence-corrected chi connectivity index (χ0v) is 16.2. The van der Waals surface area contributed by atoms with E-state index in [0.29, 0.717) is 17.7 Å². The number of hydrogen-bond donors (Lipinski definition) is 1. The second kappa shape index (κ2) is 9.03. The largest absolute Gasteiger partial charge is 0.376 e. The summed E-state index contributed by atoms with van der Waals surface area (Å²) in [6, 6.07) is 0.359. The molecular weight excluding hydrogens is 336 g/mol. The van der Waals surface area contributed by atoms with Crippen LogP contribution in [0.5, 0.6) is 0 Å². The summed E-state index contributed by atoms with van der Waals surface area (Å²) in [6.07, 6.45) is 8.43. The summed E-state index contributed by atoms with van der Waals surface area (Å²) in [4.78, 5) is 12.3. The SMILES string of the molecule is CC(C)c1nnc(SCC(=O)NC2CCCCC2)n1CC1CCCO1. The van der Waals surface area contributed by atoms with Crippen LogP contribution >= 0.6 is 11.8 Å². The Morgan fingerprint density at radius 1 is 1.24 bits per heavy atom. The summed E-state index contributed by atoms with van der Waals surface area (Å²) in [5.41, 5.74) is 0. The van der Waals surface area contributed by atoms with E-state index in [1.165, 1.54) is 31.0 Å². The minimum atomic E-state index is 0.106. The lowest BCUT2D eigenvalue weighted by atomic mass is 9.95. The number of nitrogens with zero attached hydrogens (tertiary/aromatic N) is 3. The van der Waals surface area contributed by atoms with Crippen molar-refractivity contribution in [3.8, 4) is 0 Å². The summed E-state index contributed by atoms with van der Waals surface area (Å²) < 4.78 is 7.93. The number of hydrogen-bond acceptors (Lipinski definition) is 5. The highest BCUT2D eigenvalue weighted by Crippen LogP contribution is 2.24. The zero-order valence-electron chi connectivity index (χ0n) is 15.4. The van der Waals surface area contributed by atoms with Gasteiger partial charge in [0.25, 0.3) is 0 Å². The number of thioether (sulfide) groups is 1. The molecule has 1 aromatic heterocycles. The van der Waals surface area contributed by atoms with Crippen LogP contribution in [0, 0.1) is 0 Å². The summed E-state index contributed by atoms with van der Waals surface area (Å²) in [6.45, 7) is 5.88. The van der Waals surface area contributed by atoms with Crippen LogP contribution in [0.25, 0.3) is 0 Å². The molecule has 7 heteroatoms. The lowest BCUT2D eigenvalue weighted by molar-refractivity contribution is -0.119. The molecule has 0 aromatic carbocycles. The first-order valence-corrected chi connectivity index (χ1v) is 10.6. The minimum Gasteiger partial charge on any atom is -0.376 e. The molecule has 0 bridgehead atoms. The molecule has 2 heterocycles. The molecule has 1 unspecified atom stereocenters. The van der Waals surface area contributed by atoms with Crippen molar-refractivity contribution >= 4 is 17.7 Å². The van der Waals surface area contributed by atoms with Crippen molar-refractivity contribution in [3.63, 3.8) is 0 Å². The van der Waals surface area contributed by atoms with Gasteiger partial charge in [-0.05, 0) is 25.7 Å². The van der Waals surface area contributed by atoms with Crippen molar-refractivity contribution < 1.29 is 9.53 Å². The average Bonchev–Trinajstić information content (AvgIpc) is 3.24. The molecule has 0 radical (unpaired) electrons. The quantitative estimate of drug-likeness (QED) is 0.751. The molecule has 1 aliphatic carbocycles. The predicted molar refractivity (Wildman–Crippen MR) is 98.8 cm³/mol. The molecule has 1 aliphatic heterocycles. The van der Waals surface area contributed by atoms with Gasteiger partial charge < -0.3 is 14.6 Å². The van der Waals surface area contributed by atoms with Crippen molar-refractivity contribution in [2.75, 3.05) is 12.4 Å². The van der Waals surface area contributed by atoms with Crippen LogP contribution in [0.3, 0.4) is 0 Å². The fourth-order valence-corrected chi connectivity index (χ4v) is 4.41. The van der Waals surface area contributed by atoms with E-state index < -0.39 is 0 Å². The molecule has 6 nitrogen and oxygen atoms in total. The van der Waals surface area contributed by atoms with Crippen LogP contribution in [0.15, 0.2) is 5.16 Å². The first-order valence-electron chi connectivity index (χ1n) is 9.60. The number of ether oxygens (including phenoxy) is 1. The zero-order chi connectivity index (χ0) is 17.6. The molecule has 2 fully saturated rings. The fraction of sp³-hybridized carbons (Fsp3) is 0.833. The first kappa shape index (κ1) is 18.7. The summed E-state index contributed by atoms with van der Waals surface area (Å²) >= 11 is 1.49. The Bertz CT molecular complexity index is 563. The Kier molecular flexibility index (Phi) is 6.76. The first-order chi connectivity index (χ1) is 12.1. The van der Waals surface area contributed by atoms with Gasteiger partial charge in [-0.25, -0.2) is 0 Å². The Labute approximate surface area is 154 Å². The molecule has 25 heavy (non-hydrogen) atoms. The molecular formula is C18H30N4O2S. The van der Waals surface area contributed by atoms with Crippen LogP contribution in [-0.2, 0) is 16.1 Å². The molecule has 1 N–H and O–H groups in total. The van der Waals surface area contributed by atoms with Gasteiger partial charge >= 0.3 is 0 Å². The van der Waals surface area contributed by atoms with Crippen molar-refractivity contribution in [2.24, 2.45) is 0 Å². The van der Waals surface area contributed by atoms with Crippen molar-refractivity contribution in [3.05, 3.63) is 5.82 Å². The lowest BCUT2D eigenvalue weighted by Gasteiger charge is -2.22. The van der Waals surface area contributed by atoms with Gasteiger partial charge in [-0.3, -0.25) is 4.79 Å². The molecule has 0 spiro atoms. The van der Waals surface area contributed by atoms with Gasteiger partial charge in [0.1, 0.15) is 5.82 Å². The highest BCUT2D eigenvalue weighted by molar-refractivity contribution is 7.99. The number of aromatic nitrogens is 3. The van der Waals surface area contributed by atoms with Crippen LogP contribution in [0.1, 0.15) is 70.5 Å². The number of carbonyl (C=O) groups excluding carboxylic acids is 1. The maximum absolute atomic E-state index is 12.3. The summed E-state index contributed by atoms with van der Waals surface area (Å²) in [5.74, 6) is 1.79. The molecule has 1 saturated carbocycles. The third kappa shape index (κ3) is 5.20. The molecule has 140 valence electrons. The van der Waals surface area contributed by atoms with Crippen molar-refractivity contribution in [2.45, 2.75) is 88.6 Å². The highest BCUT2D eigenvalue weighted by atomic mass is 32.2. The fourth-order valence-electron chi connectivity index (χ4n) is 3.64. The van der Waals surface area contributed by atoms with Gasteiger partial charge in [0.15, 0.2) is 5.16 Å². The molecule has 2 aliphatic rings. The van der Waals surface area contributed by atoms with Crippen LogP contribution in [-0.4, -0.2) is 45.2 Å². The minimum absolute atomic E-state index is 0.106. The number of nitrogens with one attached hydrogen (secondary N) is 1. The Hall–Kier alpha value is -1.08. The van der Waals surface area contributed by atoms with E-state index in [1.54, 1.807) is 0 Å². The third-order valence-corrected chi connectivity index (χ3v) is 5.94. The second-order valence-electron chi connectivity index (χ2n) is 7.43. The summed E-state index contributed by atoms with van der Waals surface area (Å²) in [7, 11) is 0. The summed E-state index contributed by atoms with van der Waals surface area (Å²) in [5, 5.41) is 12.7. The van der Waals surface area contributed by atoms with Gasteiger partial charge in [0.2, 0.25) is 5.91 Å². The molecule has 1 aromatic rings. The van der Waals surface area contributed by atoms with Gasteiger partial charge in [-0.1, -0.05) is 44.9 Å². The Morgan fingerprint density at radius 2 is 2.04 bits per heavy atom. The second-order valence-corrected chi connectivity index (χ2v) is 8.37. The topological polar surface area (TPSA) is 69.0 Å². The van der Waals surface area contributed by atoms with Gasteiger partial charge in [-0.15, -0.1) is 10.2 Å². The predicted octanol–water partition coefficient (Wildman–Crippen LogP) is 3.12. The normalized spacial score (nSPS) is 21.8. The molecule has 1 saturated heterocycles. The monoisotopic (exact) mass is 366 g/mol. The number of amides is 1. The van der Waals surface area contributed by atoms with E-state index in [1.807, 2.05) is 0 Å². The van der Waals surface area contributed by atoms with E-state index in [4.69, 9.17) is 4.74 Å².